The fraction of sp³-hybridized carbons (Fsp3) is 0.538. The highest BCUT2D eigenvalue weighted by molar-refractivity contribution is 8.32. The van der Waals surface area contributed by atoms with Gasteiger partial charge in [0.25, 0.3) is 0 Å². The third kappa shape index (κ3) is 10.1. The summed E-state index contributed by atoms with van der Waals surface area (Å²) in [5.41, 5.74) is 6.67. The molecule has 0 aliphatic carbocycles. The fourth-order valence-electron chi connectivity index (χ4n) is 11.1. The monoisotopic (exact) mass is 1010 g/mol. The van der Waals surface area contributed by atoms with E-state index in [1.165, 1.54) is 28.4 Å². The van der Waals surface area contributed by atoms with Crippen molar-refractivity contribution in [1.82, 2.24) is 40.4 Å². The summed E-state index contributed by atoms with van der Waals surface area (Å²) in [5, 5.41) is 5.32. The molecular weight excluding hydrogens is 944 g/mol. The second-order valence-electron chi connectivity index (χ2n) is 20.1. The van der Waals surface area contributed by atoms with E-state index in [0.717, 1.165) is 89.2 Å². The van der Waals surface area contributed by atoms with E-state index >= 15 is 4.39 Å². The molecule has 4 N–H and O–H groups in total. The third-order valence-corrected chi connectivity index (χ3v) is 18.0. The van der Waals surface area contributed by atoms with Crippen LogP contribution in [0, 0.1) is 5.82 Å². The van der Waals surface area contributed by atoms with Crippen molar-refractivity contribution < 1.29 is 42.5 Å². The molecular formula is C52H69FN10O8S. The molecule has 0 spiro atoms. The van der Waals surface area contributed by atoms with Gasteiger partial charge in [-0.1, -0.05) is 12.1 Å². The van der Waals surface area contributed by atoms with Gasteiger partial charge < -0.3 is 59.1 Å². The normalized spacial score (nSPS) is 23.2. The number of benzene rings is 3. The van der Waals surface area contributed by atoms with Gasteiger partial charge in [-0.15, -0.1) is 0 Å². The van der Waals surface area contributed by atoms with E-state index in [9.17, 15) is 19.2 Å². The van der Waals surface area contributed by atoms with Crippen LogP contribution in [0.1, 0.15) is 99.3 Å². The van der Waals surface area contributed by atoms with Crippen molar-refractivity contribution in [3.63, 3.8) is 0 Å². The summed E-state index contributed by atoms with van der Waals surface area (Å²) in [7, 11) is 4.84. The molecule has 20 heteroatoms. The van der Waals surface area contributed by atoms with Crippen molar-refractivity contribution in [3.05, 3.63) is 83.2 Å². The number of methoxy groups -OCH3 is 4. The number of carbonyl (C=O) groups is 4. The van der Waals surface area contributed by atoms with E-state index in [-0.39, 0.29) is 41.8 Å². The molecule has 4 fully saturated rings. The number of anilines is 2. The minimum Gasteiger partial charge on any atom is -0.453 e. The molecule has 3 aromatic carbocycles. The highest BCUT2D eigenvalue weighted by Gasteiger charge is 2.42. The molecule has 4 saturated heterocycles. The molecule has 4 aliphatic rings. The first kappa shape index (κ1) is 50.8. The van der Waals surface area contributed by atoms with E-state index in [4.69, 9.17) is 28.9 Å². The predicted molar refractivity (Wildman–Crippen MR) is 276 cm³/mol. The van der Waals surface area contributed by atoms with Crippen LogP contribution in [0.5, 0.6) is 0 Å². The number of nitrogens with one attached hydrogen (secondary N) is 4. The number of alkyl carbamates (subject to hydrolysis) is 2. The lowest BCUT2D eigenvalue weighted by atomic mass is 10.0. The molecule has 72 heavy (non-hydrogen) atoms. The van der Waals surface area contributed by atoms with Gasteiger partial charge in [-0.2, -0.15) is 0 Å². The Morgan fingerprint density at radius 3 is 1.56 bits per heavy atom. The lowest BCUT2D eigenvalue weighted by Gasteiger charge is -2.42. The first-order chi connectivity index (χ1) is 34.6. The van der Waals surface area contributed by atoms with Crippen LogP contribution in [0.4, 0.5) is 25.4 Å². The maximum atomic E-state index is 16.6. The number of ether oxygens (including phenoxy) is 4. The zero-order chi connectivity index (χ0) is 51.0. The first-order valence-electron chi connectivity index (χ1n) is 25.0. The summed E-state index contributed by atoms with van der Waals surface area (Å²) in [4.78, 5) is 77.8. The molecule has 9 rings (SSSR count). The number of imidazole rings is 2. The van der Waals surface area contributed by atoms with Gasteiger partial charge in [-0.25, -0.2) is 34.0 Å². The smallest absolute Gasteiger partial charge is 0.407 e. The lowest BCUT2D eigenvalue weighted by molar-refractivity contribution is -0.138. The maximum absolute atomic E-state index is 16.6. The molecule has 6 heterocycles. The van der Waals surface area contributed by atoms with Gasteiger partial charge in [0.2, 0.25) is 11.8 Å². The summed E-state index contributed by atoms with van der Waals surface area (Å²) in [6.07, 6.45) is 6.59. The summed E-state index contributed by atoms with van der Waals surface area (Å²) in [5.74, 6) is 2.69. The summed E-state index contributed by atoms with van der Waals surface area (Å²) in [6, 6.07) is 15.3. The van der Waals surface area contributed by atoms with Crippen LogP contribution in [0.3, 0.4) is 0 Å². The van der Waals surface area contributed by atoms with Crippen LogP contribution in [0.15, 0.2) is 54.6 Å². The average Bonchev–Trinajstić information content (AvgIpc) is 4.25. The predicted octanol–water partition coefficient (Wildman–Crippen LogP) is 7.39. The van der Waals surface area contributed by atoms with Gasteiger partial charge >= 0.3 is 12.2 Å². The Morgan fingerprint density at radius 1 is 0.653 bits per heavy atom. The maximum Gasteiger partial charge on any atom is 0.407 e. The number of aromatic nitrogens is 4. The van der Waals surface area contributed by atoms with E-state index < -0.39 is 46.5 Å². The van der Waals surface area contributed by atoms with Gasteiger partial charge in [0.1, 0.15) is 29.5 Å². The van der Waals surface area contributed by atoms with Crippen LogP contribution >= 0.6 is 10.0 Å². The Bertz CT molecular complexity index is 2650. The van der Waals surface area contributed by atoms with Gasteiger partial charge in [-0.05, 0) is 130 Å². The second kappa shape index (κ2) is 21.2. The highest BCUT2D eigenvalue weighted by Crippen LogP contribution is 2.49. The number of aromatic amines is 2. The molecule has 18 nitrogen and oxygen atoms in total. The van der Waals surface area contributed by atoms with E-state index in [2.05, 4.69) is 73.2 Å². The number of likely N-dealkylation sites (tertiary alicyclic amines) is 2. The Kier molecular flexibility index (Phi) is 14.9. The Morgan fingerprint density at radius 2 is 1.12 bits per heavy atom. The lowest BCUT2D eigenvalue weighted by Crippen LogP contribution is -2.54. The zero-order valence-electron chi connectivity index (χ0n) is 42.5. The summed E-state index contributed by atoms with van der Waals surface area (Å²) in [6.45, 7) is 6.14. The van der Waals surface area contributed by atoms with Gasteiger partial charge in [0, 0.05) is 46.1 Å². The largest absolute Gasteiger partial charge is 0.453 e. The van der Waals surface area contributed by atoms with Crippen LogP contribution in [-0.2, 0) is 28.5 Å². The minimum absolute atomic E-state index is 0.131. The van der Waals surface area contributed by atoms with Crippen LogP contribution < -0.4 is 20.4 Å². The number of nitrogens with zero attached hydrogens (tertiary/aromatic N) is 6. The fourth-order valence-corrected chi connectivity index (χ4v) is 12.8. The molecule has 0 saturated carbocycles. The zero-order valence-corrected chi connectivity index (χ0v) is 43.4. The van der Waals surface area contributed by atoms with Crippen molar-refractivity contribution in [2.45, 2.75) is 101 Å². The standard InChI is InChI=1S/C52H69FN10O8S/c1-30(68-3)45(58-51(66)70-5)49(64)61-21-9-11-43(61)47-54-36-16-13-32(27-38(36)56-47)40-19-20-41(63(40)34-15-18-42(35(53)29-34)60-23-25-72(7,8)26-24-60)33-14-17-37-39(28-33)57-48(55-37)44-12-10-22-62(44)50(65)46(31(2)69-4)59-52(67)71-6/h13-18,27-31,40-41,43-46H,9-12,19-26H2,1-8H3,(H,54,56)(H,55,57)(H,58,66)(H,59,67)/t30-,31-,40-,41-,43+,44+,45+,46+/m1/s1. The number of H-pyrrole nitrogens is 2. The number of fused-ring (bicyclic) bond motifs is 2. The minimum atomic E-state index is -0.946. The quantitative estimate of drug-likeness (QED) is 0.0862. The van der Waals surface area contributed by atoms with Gasteiger partial charge in [0.05, 0.1) is 78.3 Å². The van der Waals surface area contributed by atoms with Crippen LogP contribution in [0.25, 0.3) is 22.1 Å². The Hall–Kier alpha value is -6.12. The molecule has 0 radical (unpaired) electrons. The highest BCUT2D eigenvalue weighted by atomic mass is 32.3. The van der Waals surface area contributed by atoms with Crippen molar-refractivity contribution in [2.24, 2.45) is 0 Å². The number of hydrogen-bond donors (Lipinski definition) is 4. The molecule has 8 atom stereocenters. The Balaban J connectivity index is 1.02. The number of halogens is 1. The number of carbonyl (C=O) groups excluding carboxylic acids is 4. The van der Waals surface area contributed by atoms with Crippen LogP contribution in [0.2, 0.25) is 0 Å². The summed E-state index contributed by atoms with van der Waals surface area (Å²) >= 11 is 0. The van der Waals surface area contributed by atoms with Crippen LogP contribution in [-0.4, -0.2) is 157 Å². The van der Waals surface area contributed by atoms with E-state index in [1.54, 1.807) is 29.7 Å². The van der Waals surface area contributed by atoms with Gasteiger partial charge in [0.15, 0.2) is 0 Å². The van der Waals surface area contributed by atoms with Crippen molar-refractivity contribution >= 4 is 67.5 Å². The molecule has 5 aromatic rings. The first-order valence-corrected chi connectivity index (χ1v) is 27.8. The topological polar surface area (TPSA) is 200 Å². The molecule has 4 amide bonds. The number of hydrogen-bond acceptors (Lipinski definition) is 12. The molecule has 0 unspecified atom stereocenters. The van der Waals surface area contributed by atoms with Crippen molar-refractivity contribution in [2.75, 3.05) is 88.4 Å². The van der Waals surface area contributed by atoms with Crippen molar-refractivity contribution in [3.8, 4) is 0 Å². The third-order valence-electron chi connectivity index (χ3n) is 15.4. The number of amides is 4. The van der Waals surface area contributed by atoms with E-state index in [1.807, 2.05) is 18.2 Å². The SMILES string of the molecule is COC(=O)N[C@H](C(=O)N1CCC[C@H]1c1nc2ccc([C@H]3CC[C@H](c4ccc5nc([C@@H]6CCCN6C(=O)[C@@H](NC(=O)OC)[C@@H](C)OC)[nH]c5c4)N3c3ccc(N4CCS(C)(C)CC4)c(F)c3)cc2[nH]1)[C@@H](C)OC. The molecule has 0 bridgehead atoms. The molecule has 388 valence electrons. The van der Waals surface area contributed by atoms with Crippen molar-refractivity contribution in [1.29, 1.82) is 0 Å². The number of rotatable bonds is 14. The van der Waals surface area contributed by atoms with E-state index in [0.29, 0.717) is 43.3 Å². The second-order valence-corrected chi connectivity index (χ2v) is 24.5. The molecule has 4 aliphatic heterocycles. The summed E-state index contributed by atoms with van der Waals surface area (Å²) < 4.78 is 37.2. The molecule has 2 aromatic heterocycles. The Labute approximate surface area is 421 Å². The van der Waals surface area contributed by atoms with Gasteiger partial charge in [-0.3, -0.25) is 9.59 Å². The average molecular weight is 1010 g/mol.